The van der Waals surface area contributed by atoms with E-state index in [4.69, 9.17) is 21.1 Å². The molecule has 1 unspecified atom stereocenters. The van der Waals surface area contributed by atoms with Crippen LogP contribution >= 0.6 is 11.6 Å². The molecule has 30 heavy (non-hydrogen) atoms. The van der Waals surface area contributed by atoms with Crippen molar-refractivity contribution in [2.24, 2.45) is 0 Å². The fourth-order valence-corrected chi connectivity index (χ4v) is 4.32. The van der Waals surface area contributed by atoms with Crippen LogP contribution in [0.25, 0.3) is 11.3 Å². The molecule has 0 bridgehead atoms. The summed E-state index contributed by atoms with van der Waals surface area (Å²) in [5.74, 6) is 2.19. The third-order valence-corrected chi connectivity index (χ3v) is 6.07. The van der Waals surface area contributed by atoms with Gasteiger partial charge in [0.05, 0.1) is 17.0 Å². The van der Waals surface area contributed by atoms with Gasteiger partial charge >= 0.3 is 0 Å². The zero-order valence-electron chi connectivity index (χ0n) is 16.8. The van der Waals surface area contributed by atoms with Gasteiger partial charge in [-0.25, -0.2) is 9.97 Å². The van der Waals surface area contributed by atoms with E-state index in [9.17, 15) is 4.79 Å². The number of piperidine rings is 1. The van der Waals surface area contributed by atoms with Crippen molar-refractivity contribution in [1.82, 2.24) is 20.0 Å². The normalized spacial score (nSPS) is 19.1. The summed E-state index contributed by atoms with van der Waals surface area (Å²) in [4.78, 5) is 24.6. The molecule has 1 atom stereocenters. The maximum Gasteiger partial charge on any atom is 0.253 e. The smallest absolute Gasteiger partial charge is 0.253 e. The second-order valence-electron chi connectivity index (χ2n) is 8.23. The van der Waals surface area contributed by atoms with Gasteiger partial charge in [-0.2, -0.15) is 0 Å². The molecule has 6 nitrogen and oxygen atoms in total. The Morgan fingerprint density at radius 2 is 2.07 bits per heavy atom. The van der Waals surface area contributed by atoms with Crippen molar-refractivity contribution < 1.29 is 9.32 Å². The van der Waals surface area contributed by atoms with Gasteiger partial charge in [0.1, 0.15) is 5.82 Å². The molecule has 0 radical (unpaired) electrons. The lowest BCUT2D eigenvalue weighted by atomic mass is 9.90. The quantitative estimate of drug-likeness (QED) is 0.592. The molecule has 154 valence electrons. The second-order valence-corrected chi connectivity index (χ2v) is 8.67. The molecule has 3 aromatic rings. The molecule has 1 aromatic carbocycles. The minimum Gasteiger partial charge on any atom is -0.356 e. The number of hydrogen-bond donors (Lipinski definition) is 0. The van der Waals surface area contributed by atoms with Crippen LogP contribution in [0.15, 0.2) is 41.1 Å². The highest BCUT2D eigenvalue weighted by Crippen LogP contribution is 2.40. The first-order valence-corrected chi connectivity index (χ1v) is 10.8. The van der Waals surface area contributed by atoms with Crippen molar-refractivity contribution in [3.05, 3.63) is 64.3 Å². The first-order valence-electron chi connectivity index (χ1n) is 10.4. The monoisotopic (exact) mass is 422 g/mol. The number of hydrogen-bond acceptors (Lipinski definition) is 5. The molecule has 1 saturated heterocycles. The number of likely N-dealkylation sites (tertiary alicyclic amines) is 1. The standard InChI is InChI=1S/C23H23ClN4O2/c1-14-10-20(30-27-14)19-12-25-22(15-7-8-15)26-21(19)17-5-3-9-28(13-17)23(29)16-4-2-6-18(24)11-16/h2,4,6,10-12,15,17H,3,5,7-9,13H2,1H3. The van der Waals surface area contributed by atoms with E-state index in [1.54, 1.807) is 12.1 Å². The number of benzene rings is 1. The molecule has 3 heterocycles. The molecule has 1 aliphatic carbocycles. The predicted octanol–water partition coefficient (Wildman–Crippen LogP) is 4.99. The second kappa shape index (κ2) is 7.84. The molecule has 2 fully saturated rings. The highest BCUT2D eigenvalue weighted by atomic mass is 35.5. The van der Waals surface area contributed by atoms with Crippen LogP contribution < -0.4 is 0 Å². The molecule has 1 amide bonds. The fourth-order valence-electron chi connectivity index (χ4n) is 4.13. The van der Waals surface area contributed by atoms with Crippen LogP contribution in [0, 0.1) is 6.92 Å². The van der Waals surface area contributed by atoms with Crippen LogP contribution in [-0.4, -0.2) is 39.0 Å². The molecule has 2 aromatic heterocycles. The molecule has 1 saturated carbocycles. The number of carbonyl (C=O) groups excluding carboxylic acids is 1. The van der Waals surface area contributed by atoms with Crippen molar-refractivity contribution in [2.45, 2.75) is 44.4 Å². The number of nitrogens with zero attached hydrogens (tertiary/aromatic N) is 4. The summed E-state index contributed by atoms with van der Waals surface area (Å²) in [6, 6.07) is 9.05. The van der Waals surface area contributed by atoms with Crippen LogP contribution in [0.5, 0.6) is 0 Å². The van der Waals surface area contributed by atoms with Crippen molar-refractivity contribution in [1.29, 1.82) is 0 Å². The highest BCUT2D eigenvalue weighted by molar-refractivity contribution is 6.30. The number of aromatic nitrogens is 3. The van der Waals surface area contributed by atoms with Crippen molar-refractivity contribution in [2.75, 3.05) is 13.1 Å². The summed E-state index contributed by atoms with van der Waals surface area (Å²) in [6.07, 6.45) is 6.05. The van der Waals surface area contributed by atoms with Crippen LogP contribution in [0.2, 0.25) is 5.02 Å². The zero-order chi connectivity index (χ0) is 20.7. The number of amides is 1. The van der Waals surface area contributed by atoms with E-state index in [2.05, 4.69) is 10.1 Å². The number of carbonyl (C=O) groups is 1. The summed E-state index contributed by atoms with van der Waals surface area (Å²) >= 11 is 6.09. The third-order valence-electron chi connectivity index (χ3n) is 5.84. The Hall–Kier alpha value is -2.73. The van der Waals surface area contributed by atoms with E-state index in [0.717, 1.165) is 55.0 Å². The summed E-state index contributed by atoms with van der Waals surface area (Å²) in [6.45, 7) is 3.25. The largest absolute Gasteiger partial charge is 0.356 e. The van der Waals surface area contributed by atoms with E-state index in [1.807, 2.05) is 36.2 Å². The number of halogens is 1. The van der Waals surface area contributed by atoms with Gasteiger partial charge in [-0.1, -0.05) is 22.8 Å². The Morgan fingerprint density at radius 3 is 2.80 bits per heavy atom. The number of aryl methyl sites for hydroxylation is 1. The molecular formula is C23H23ClN4O2. The molecule has 7 heteroatoms. The van der Waals surface area contributed by atoms with Gasteiger partial charge < -0.3 is 9.42 Å². The molecule has 1 aliphatic heterocycles. The lowest BCUT2D eigenvalue weighted by Crippen LogP contribution is -2.39. The van der Waals surface area contributed by atoms with E-state index in [0.29, 0.717) is 28.8 Å². The lowest BCUT2D eigenvalue weighted by molar-refractivity contribution is 0.0706. The SMILES string of the molecule is Cc1cc(-c2cnc(C3CC3)nc2C2CCCN(C(=O)c3cccc(Cl)c3)C2)on1. The van der Waals surface area contributed by atoms with Gasteiger partial charge in [0.2, 0.25) is 0 Å². The average Bonchev–Trinajstić information content (AvgIpc) is 3.53. The molecule has 0 spiro atoms. The van der Waals surface area contributed by atoms with Gasteiger partial charge in [0, 0.05) is 47.8 Å². The Morgan fingerprint density at radius 1 is 1.20 bits per heavy atom. The van der Waals surface area contributed by atoms with Gasteiger partial charge in [-0.05, 0) is 50.8 Å². The Bertz CT molecular complexity index is 1090. The van der Waals surface area contributed by atoms with Crippen molar-refractivity contribution in [3.8, 4) is 11.3 Å². The first kappa shape index (κ1) is 19.2. The Labute approximate surface area is 180 Å². The van der Waals surface area contributed by atoms with E-state index >= 15 is 0 Å². The molecular weight excluding hydrogens is 400 g/mol. The van der Waals surface area contributed by atoms with E-state index < -0.39 is 0 Å². The summed E-state index contributed by atoms with van der Waals surface area (Å²) in [5, 5.41) is 4.60. The highest BCUT2D eigenvalue weighted by Gasteiger charge is 2.32. The summed E-state index contributed by atoms with van der Waals surface area (Å²) in [5.41, 5.74) is 3.29. The molecule has 0 N–H and O–H groups in total. The van der Waals surface area contributed by atoms with Crippen LogP contribution in [0.1, 0.15) is 65.1 Å². The predicted molar refractivity (Wildman–Crippen MR) is 114 cm³/mol. The van der Waals surface area contributed by atoms with Crippen molar-refractivity contribution in [3.63, 3.8) is 0 Å². The Balaban J connectivity index is 1.46. The zero-order valence-corrected chi connectivity index (χ0v) is 17.6. The van der Waals surface area contributed by atoms with Gasteiger partial charge in [-0.15, -0.1) is 0 Å². The minimum absolute atomic E-state index is 0.00994. The van der Waals surface area contributed by atoms with Gasteiger partial charge in [0.15, 0.2) is 5.76 Å². The maximum absolute atomic E-state index is 13.1. The first-order chi connectivity index (χ1) is 14.6. The van der Waals surface area contributed by atoms with Crippen LogP contribution in [0.4, 0.5) is 0 Å². The van der Waals surface area contributed by atoms with Crippen LogP contribution in [-0.2, 0) is 0 Å². The Kier molecular flexibility index (Phi) is 5.03. The minimum atomic E-state index is 0.00994. The van der Waals surface area contributed by atoms with Gasteiger partial charge in [0.25, 0.3) is 5.91 Å². The molecule has 5 rings (SSSR count). The third kappa shape index (κ3) is 3.84. The van der Waals surface area contributed by atoms with E-state index in [1.165, 1.54) is 0 Å². The topological polar surface area (TPSA) is 72.1 Å². The summed E-state index contributed by atoms with van der Waals surface area (Å²) in [7, 11) is 0. The fraction of sp³-hybridized carbons (Fsp3) is 0.391. The van der Waals surface area contributed by atoms with Crippen LogP contribution in [0.3, 0.4) is 0 Å². The van der Waals surface area contributed by atoms with Gasteiger partial charge in [-0.3, -0.25) is 4.79 Å². The number of rotatable bonds is 4. The summed E-state index contributed by atoms with van der Waals surface area (Å²) < 4.78 is 5.53. The average molecular weight is 423 g/mol. The maximum atomic E-state index is 13.1. The van der Waals surface area contributed by atoms with E-state index in [-0.39, 0.29) is 11.8 Å². The lowest BCUT2D eigenvalue weighted by Gasteiger charge is -2.33. The van der Waals surface area contributed by atoms with Crippen molar-refractivity contribution >= 4 is 17.5 Å². The molecule has 2 aliphatic rings.